The summed E-state index contributed by atoms with van der Waals surface area (Å²) < 4.78 is 4.85. The van der Waals surface area contributed by atoms with E-state index in [1.54, 1.807) is 19.1 Å². The van der Waals surface area contributed by atoms with Gasteiger partial charge in [-0.05, 0) is 31.2 Å². The van der Waals surface area contributed by atoms with E-state index in [2.05, 4.69) is 31.1 Å². The number of anilines is 1. The van der Waals surface area contributed by atoms with Crippen LogP contribution in [0.4, 0.5) is 5.69 Å². The Balaban J connectivity index is 2.22. The zero-order chi connectivity index (χ0) is 15.9. The Morgan fingerprint density at radius 3 is 2.64 bits per heavy atom. The first-order chi connectivity index (χ1) is 10.7. The fraction of sp³-hybridized carbons (Fsp3) is 0.167. The van der Waals surface area contributed by atoms with Gasteiger partial charge in [0.2, 0.25) is 10.8 Å². The summed E-state index contributed by atoms with van der Waals surface area (Å²) in [5.74, 6) is -0.435. The molecule has 10 heteroatoms. The predicted molar refractivity (Wildman–Crippen MR) is 73.6 cm³/mol. The minimum atomic E-state index is -0.738. The smallest absolute Gasteiger partial charge is 0.338 e. The summed E-state index contributed by atoms with van der Waals surface area (Å²) in [6.07, 6.45) is 0. The van der Waals surface area contributed by atoms with Gasteiger partial charge in [-0.3, -0.25) is 10.2 Å². The van der Waals surface area contributed by atoms with E-state index in [0.29, 0.717) is 11.3 Å². The van der Waals surface area contributed by atoms with Crippen molar-refractivity contribution in [2.24, 2.45) is 15.5 Å². The molecule has 0 unspecified atom stereocenters. The molecule has 0 radical (unpaired) electrons. The molecule has 0 aliphatic carbocycles. The summed E-state index contributed by atoms with van der Waals surface area (Å²) in [6, 6.07) is 6.21. The fourth-order valence-electron chi connectivity index (χ4n) is 1.50. The van der Waals surface area contributed by atoms with Gasteiger partial charge in [-0.25, -0.2) is 4.79 Å². The summed E-state index contributed by atoms with van der Waals surface area (Å²) in [5.41, 5.74) is 2.45. The second-order valence-corrected chi connectivity index (χ2v) is 3.88. The molecular formula is C12H10N6O4. The zero-order valence-corrected chi connectivity index (χ0v) is 11.4. The Hall–Kier alpha value is -3.30. The van der Waals surface area contributed by atoms with E-state index in [9.17, 15) is 14.5 Å². The highest BCUT2D eigenvalue weighted by molar-refractivity contribution is 5.89. The number of ether oxygens (including phenoxy) is 1. The van der Waals surface area contributed by atoms with E-state index >= 15 is 0 Å². The molecule has 2 aromatic rings. The van der Waals surface area contributed by atoms with Gasteiger partial charge in [0.25, 0.3) is 0 Å². The Morgan fingerprint density at radius 2 is 2.00 bits per heavy atom. The van der Waals surface area contributed by atoms with Crippen LogP contribution in [0.25, 0.3) is 0 Å². The minimum Gasteiger partial charge on any atom is -0.462 e. The highest BCUT2D eigenvalue weighted by atomic mass is 16.5. The molecule has 2 rings (SSSR count). The normalized spacial score (nSPS) is 12.2. The third kappa shape index (κ3) is 3.42. The van der Waals surface area contributed by atoms with Crippen molar-refractivity contribution in [2.45, 2.75) is 6.92 Å². The maximum Gasteiger partial charge on any atom is 0.338 e. The van der Waals surface area contributed by atoms with Crippen molar-refractivity contribution >= 4 is 11.7 Å². The molecule has 0 atom stereocenters. The number of carbonyl (C=O) groups is 1. The molecule has 0 aliphatic rings. The van der Waals surface area contributed by atoms with E-state index in [4.69, 9.17) is 4.74 Å². The molecule has 22 heavy (non-hydrogen) atoms. The lowest BCUT2D eigenvalue weighted by molar-refractivity contribution is 0.0526. The van der Waals surface area contributed by atoms with Gasteiger partial charge in [0.1, 0.15) is 0 Å². The molecule has 0 spiro atoms. The van der Waals surface area contributed by atoms with Crippen molar-refractivity contribution in [2.75, 3.05) is 12.0 Å². The van der Waals surface area contributed by atoms with Gasteiger partial charge in [-0.2, -0.15) is 5.10 Å². The number of rotatable bonds is 5. The Kier molecular flexibility index (Phi) is 4.75. The van der Waals surface area contributed by atoms with Gasteiger partial charge in [-0.1, -0.05) is 5.10 Å². The second-order valence-electron chi connectivity index (χ2n) is 3.88. The summed E-state index contributed by atoms with van der Waals surface area (Å²) in [6.45, 7) is 2.00. The van der Waals surface area contributed by atoms with E-state index < -0.39 is 11.5 Å². The Labute approximate surface area is 122 Å². The number of nitrogens with one attached hydrogen (secondary N) is 1. The van der Waals surface area contributed by atoms with Crippen LogP contribution in [0.2, 0.25) is 0 Å². The van der Waals surface area contributed by atoms with Gasteiger partial charge in [0.15, 0.2) is 0 Å². The highest BCUT2D eigenvalue weighted by Crippen LogP contribution is 2.10. The highest BCUT2D eigenvalue weighted by Gasteiger charge is 2.05. The van der Waals surface area contributed by atoms with E-state index in [0.717, 1.165) is 0 Å². The molecule has 112 valence electrons. The van der Waals surface area contributed by atoms with Crippen LogP contribution in [0.3, 0.4) is 0 Å². The maximum atomic E-state index is 11.5. The molecule has 0 aliphatic heterocycles. The first-order valence-corrected chi connectivity index (χ1v) is 6.13. The summed E-state index contributed by atoms with van der Waals surface area (Å²) in [4.78, 5) is 32.9. The SMILES string of the molecule is CCOC(=O)c1ccc(NN=c2c(=O)nnc2=NN=O)cc1. The van der Waals surface area contributed by atoms with Crippen molar-refractivity contribution in [3.05, 3.63) is 55.9 Å². The molecule has 1 aromatic heterocycles. The number of benzene rings is 1. The number of carbonyl (C=O) groups excluding carboxylic acids is 1. The van der Waals surface area contributed by atoms with Crippen LogP contribution >= 0.6 is 0 Å². The van der Waals surface area contributed by atoms with Crippen LogP contribution in [0, 0.1) is 4.91 Å². The number of esters is 1. The molecular weight excluding hydrogens is 292 g/mol. The van der Waals surface area contributed by atoms with Gasteiger partial charge < -0.3 is 4.74 Å². The molecule has 10 nitrogen and oxygen atoms in total. The number of nitrogens with zero attached hydrogens (tertiary/aromatic N) is 5. The molecule has 0 amide bonds. The number of nitroso groups, excluding NO2 is 1. The number of hydrogen-bond donors (Lipinski definition) is 1. The molecule has 1 N–H and O–H groups in total. The molecule has 1 heterocycles. The van der Waals surface area contributed by atoms with E-state index in [1.165, 1.54) is 12.1 Å². The first kappa shape index (κ1) is 15.1. The van der Waals surface area contributed by atoms with Crippen LogP contribution in [-0.2, 0) is 4.74 Å². The third-order valence-electron chi connectivity index (χ3n) is 2.48. The van der Waals surface area contributed by atoms with E-state index in [1.807, 2.05) is 0 Å². The Bertz CT molecular complexity index is 836. The average Bonchev–Trinajstić information content (AvgIpc) is 2.87. The fourth-order valence-corrected chi connectivity index (χ4v) is 1.50. The van der Waals surface area contributed by atoms with E-state index in [-0.39, 0.29) is 17.5 Å². The molecule has 0 saturated heterocycles. The second kappa shape index (κ2) is 6.92. The molecule has 0 bridgehead atoms. The summed E-state index contributed by atoms with van der Waals surface area (Å²) >= 11 is 0. The topological polar surface area (TPSA) is 135 Å². The van der Waals surface area contributed by atoms with Crippen molar-refractivity contribution in [1.29, 1.82) is 0 Å². The number of hydrogen-bond acceptors (Lipinski definition) is 9. The van der Waals surface area contributed by atoms with Crippen molar-refractivity contribution in [3.8, 4) is 0 Å². The maximum absolute atomic E-state index is 11.5. The average molecular weight is 302 g/mol. The van der Waals surface area contributed by atoms with Gasteiger partial charge in [0.05, 0.1) is 23.1 Å². The number of aromatic nitrogens is 2. The lowest BCUT2D eigenvalue weighted by Crippen LogP contribution is -2.34. The lowest BCUT2D eigenvalue weighted by atomic mass is 10.2. The van der Waals surface area contributed by atoms with Crippen LogP contribution in [0.15, 0.2) is 44.5 Å². The summed E-state index contributed by atoms with van der Waals surface area (Å²) in [7, 11) is 0. The largest absolute Gasteiger partial charge is 0.462 e. The Morgan fingerprint density at radius 1 is 1.27 bits per heavy atom. The standard InChI is InChI=1S/C12H10N6O4/c1-2-22-12(20)7-3-5-8(6-4-7)13-14-9-10(16-18-21)15-17-11(9)19/h3-6,13H,2H2,1H3. The third-order valence-corrected chi connectivity index (χ3v) is 2.48. The lowest BCUT2D eigenvalue weighted by Gasteiger charge is -2.03. The molecule has 1 aromatic carbocycles. The quantitative estimate of drug-likeness (QED) is 0.442. The monoisotopic (exact) mass is 302 g/mol. The van der Waals surface area contributed by atoms with Crippen LogP contribution < -0.4 is 21.8 Å². The first-order valence-electron chi connectivity index (χ1n) is 6.13. The van der Waals surface area contributed by atoms with Crippen molar-refractivity contribution in [3.63, 3.8) is 0 Å². The predicted octanol–water partition coefficient (Wildman–Crippen LogP) is -0.601. The van der Waals surface area contributed by atoms with Crippen molar-refractivity contribution in [1.82, 2.24) is 10.2 Å². The van der Waals surface area contributed by atoms with Gasteiger partial charge >= 0.3 is 11.5 Å². The molecule has 0 fully saturated rings. The summed E-state index contributed by atoms with van der Waals surface area (Å²) in [5, 5.41) is 15.5. The van der Waals surface area contributed by atoms with Gasteiger partial charge in [0, 0.05) is 0 Å². The van der Waals surface area contributed by atoms with Crippen molar-refractivity contribution < 1.29 is 9.53 Å². The van der Waals surface area contributed by atoms with Crippen LogP contribution in [-0.4, -0.2) is 22.8 Å². The van der Waals surface area contributed by atoms with Crippen LogP contribution in [0.5, 0.6) is 0 Å². The minimum absolute atomic E-state index is 0.228. The van der Waals surface area contributed by atoms with Crippen LogP contribution in [0.1, 0.15) is 17.3 Å². The van der Waals surface area contributed by atoms with Gasteiger partial charge in [-0.15, -0.1) is 15.1 Å². The zero-order valence-electron chi connectivity index (χ0n) is 11.4. The molecule has 0 saturated carbocycles.